The molecule has 1 saturated carbocycles. The minimum Gasteiger partial charge on any atom is -0.486 e. The summed E-state index contributed by atoms with van der Waals surface area (Å²) in [6.07, 6.45) is 5.63. The van der Waals surface area contributed by atoms with Gasteiger partial charge in [-0.25, -0.2) is 0 Å². The maximum atomic E-state index is 13.3. The molecular formula is C26H27NO4. The van der Waals surface area contributed by atoms with Gasteiger partial charge in [0.15, 0.2) is 11.5 Å². The van der Waals surface area contributed by atoms with Crippen molar-refractivity contribution in [1.29, 1.82) is 0 Å². The maximum absolute atomic E-state index is 13.3. The lowest BCUT2D eigenvalue weighted by Gasteiger charge is -2.40. The van der Waals surface area contributed by atoms with Crippen molar-refractivity contribution in [1.82, 2.24) is 0 Å². The number of hydrogen-bond donors (Lipinski definition) is 1. The Morgan fingerprint density at radius 1 is 1.00 bits per heavy atom. The number of benzene rings is 2. The molecule has 0 unspecified atom stereocenters. The van der Waals surface area contributed by atoms with Crippen LogP contribution in [0.5, 0.6) is 5.75 Å². The van der Waals surface area contributed by atoms with Crippen molar-refractivity contribution in [2.45, 2.75) is 64.9 Å². The molecule has 5 heteroatoms. The number of rotatable bonds is 2. The molecule has 2 aromatic carbocycles. The number of furan rings is 1. The molecule has 5 nitrogen and oxygen atoms in total. The largest absolute Gasteiger partial charge is 0.486 e. The number of carbonyl (C=O) groups is 2. The van der Waals surface area contributed by atoms with Crippen LogP contribution in [-0.4, -0.2) is 17.3 Å². The SMILES string of the molecule is Cc1cccc(C)c1NC(=O)c1oc2ccc3c(c2c1C)C(=O)CC1(CCCCC1)O3. The number of carbonyl (C=O) groups excluding carboxylic acids is 2. The Morgan fingerprint density at radius 2 is 1.71 bits per heavy atom. The Morgan fingerprint density at radius 3 is 2.42 bits per heavy atom. The van der Waals surface area contributed by atoms with Gasteiger partial charge >= 0.3 is 0 Å². The lowest BCUT2D eigenvalue weighted by atomic mass is 9.78. The first kappa shape index (κ1) is 19.9. The molecule has 3 aromatic rings. The summed E-state index contributed by atoms with van der Waals surface area (Å²) in [6.45, 7) is 5.76. The number of aryl methyl sites for hydroxylation is 3. The Hall–Kier alpha value is -3.08. The minimum atomic E-state index is -0.365. The Balaban J connectivity index is 1.55. The van der Waals surface area contributed by atoms with E-state index in [-0.39, 0.29) is 23.1 Å². The van der Waals surface area contributed by atoms with E-state index < -0.39 is 0 Å². The lowest BCUT2D eigenvalue weighted by molar-refractivity contribution is 0.0139. The number of ether oxygens (including phenoxy) is 1. The number of nitrogens with one attached hydrogen (secondary N) is 1. The molecule has 31 heavy (non-hydrogen) atoms. The van der Waals surface area contributed by atoms with Gasteiger partial charge in [0, 0.05) is 16.6 Å². The van der Waals surface area contributed by atoms with Crippen molar-refractivity contribution in [3.05, 3.63) is 58.3 Å². The van der Waals surface area contributed by atoms with Crippen molar-refractivity contribution in [2.75, 3.05) is 5.32 Å². The zero-order valence-electron chi connectivity index (χ0n) is 18.3. The van der Waals surface area contributed by atoms with Crippen LogP contribution in [0.25, 0.3) is 11.0 Å². The molecule has 1 aromatic heterocycles. The zero-order valence-corrected chi connectivity index (χ0v) is 18.3. The topological polar surface area (TPSA) is 68.5 Å². The molecule has 1 N–H and O–H groups in total. The average Bonchev–Trinajstić information content (AvgIpc) is 3.08. The number of hydrogen-bond acceptors (Lipinski definition) is 4. The number of anilines is 1. The van der Waals surface area contributed by atoms with Crippen LogP contribution in [0.3, 0.4) is 0 Å². The first-order valence-electron chi connectivity index (χ1n) is 11.0. The maximum Gasteiger partial charge on any atom is 0.291 e. The molecule has 1 aliphatic carbocycles. The Kier molecular flexibility index (Phi) is 4.65. The predicted molar refractivity (Wildman–Crippen MR) is 120 cm³/mol. The normalized spacial score (nSPS) is 17.5. The number of amides is 1. The van der Waals surface area contributed by atoms with Crippen molar-refractivity contribution in [3.63, 3.8) is 0 Å². The third-order valence-electron chi connectivity index (χ3n) is 6.84. The van der Waals surface area contributed by atoms with E-state index in [4.69, 9.17) is 9.15 Å². The van der Waals surface area contributed by atoms with Crippen LogP contribution in [0.4, 0.5) is 5.69 Å². The van der Waals surface area contributed by atoms with E-state index in [9.17, 15) is 9.59 Å². The van der Waals surface area contributed by atoms with Gasteiger partial charge in [0.05, 0.1) is 12.0 Å². The van der Waals surface area contributed by atoms with Crippen LogP contribution < -0.4 is 10.1 Å². The first-order valence-corrected chi connectivity index (χ1v) is 11.0. The van der Waals surface area contributed by atoms with Crippen LogP contribution in [-0.2, 0) is 0 Å². The summed E-state index contributed by atoms with van der Waals surface area (Å²) in [7, 11) is 0. The number of ketones is 1. The highest BCUT2D eigenvalue weighted by Gasteiger charge is 2.42. The molecule has 1 fully saturated rings. The summed E-state index contributed by atoms with van der Waals surface area (Å²) < 4.78 is 12.4. The third kappa shape index (κ3) is 3.23. The molecule has 2 heterocycles. The number of fused-ring (bicyclic) bond motifs is 3. The van der Waals surface area contributed by atoms with E-state index in [2.05, 4.69) is 5.32 Å². The standard InChI is InChI=1S/C26H27NO4/c1-15-8-7-9-16(2)23(15)27-25(29)24-17(3)21-19(30-24)10-11-20-22(21)18(28)14-26(31-20)12-5-4-6-13-26/h7-11H,4-6,12-14H2,1-3H3,(H,27,29). The van der Waals surface area contributed by atoms with Gasteiger partial charge in [-0.15, -0.1) is 0 Å². The van der Waals surface area contributed by atoms with Gasteiger partial charge in [-0.05, 0) is 69.7 Å². The van der Waals surface area contributed by atoms with Crippen molar-refractivity contribution < 1.29 is 18.7 Å². The van der Waals surface area contributed by atoms with Gasteiger partial charge in [0.25, 0.3) is 5.91 Å². The smallest absolute Gasteiger partial charge is 0.291 e. The molecule has 0 bridgehead atoms. The fraction of sp³-hybridized carbons (Fsp3) is 0.385. The van der Waals surface area contributed by atoms with Gasteiger partial charge in [0.1, 0.15) is 16.9 Å². The first-order chi connectivity index (χ1) is 14.9. The highest BCUT2D eigenvalue weighted by molar-refractivity contribution is 6.15. The van der Waals surface area contributed by atoms with E-state index in [1.54, 1.807) is 0 Å². The monoisotopic (exact) mass is 417 g/mol. The fourth-order valence-electron chi connectivity index (χ4n) is 5.21. The average molecular weight is 418 g/mol. The second-order valence-corrected chi connectivity index (χ2v) is 9.03. The molecule has 2 aliphatic rings. The van der Waals surface area contributed by atoms with E-state index in [1.807, 2.05) is 51.1 Å². The van der Waals surface area contributed by atoms with Crippen LogP contribution >= 0.6 is 0 Å². The van der Waals surface area contributed by atoms with E-state index >= 15 is 0 Å². The van der Waals surface area contributed by atoms with Crippen molar-refractivity contribution in [2.24, 2.45) is 0 Å². The summed E-state index contributed by atoms with van der Waals surface area (Å²) in [5.41, 5.74) is 4.17. The van der Waals surface area contributed by atoms with E-state index in [0.29, 0.717) is 34.3 Å². The summed E-state index contributed by atoms with van der Waals surface area (Å²) in [5.74, 6) is 0.625. The molecule has 160 valence electrons. The van der Waals surface area contributed by atoms with E-state index in [0.717, 1.165) is 42.5 Å². The highest BCUT2D eigenvalue weighted by Crippen LogP contribution is 2.45. The number of Topliss-reactive ketones (excluding diaryl/α,β-unsaturated/α-hetero) is 1. The van der Waals surface area contributed by atoms with Gasteiger partial charge < -0.3 is 14.5 Å². The highest BCUT2D eigenvalue weighted by atomic mass is 16.5. The van der Waals surface area contributed by atoms with Gasteiger partial charge in [-0.1, -0.05) is 24.6 Å². The molecule has 0 atom stereocenters. The quantitative estimate of drug-likeness (QED) is 0.533. The lowest BCUT2D eigenvalue weighted by Crippen LogP contribution is -2.43. The summed E-state index contributed by atoms with van der Waals surface area (Å²) in [4.78, 5) is 26.3. The predicted octanol–water partition coefficient (Wildman–Crippen LogP) is 6.28. The second-order valence-electron chi connectivity index (χ2n) is 9.03. The van der Waals surface area contributed by atoms with Gasteiger partial charge in [-0.3, -0.25) is 9.59 Å². The molecule has 1 amide bonds. The third-order valence-corrected chi connectivity index (χ3v) is 6.84. The second kappa shape index (κ2) is 7.26. The van der Waals surface area contributed by atoms with Crippen molar-refractivity contribution >= 4 is 28.3 Å². The van der Waals surface area contributed by atoms with Crippen molar-refractivity contribution in [3.8, 4) is 5.75 Å². The Labute approximate surface area is 181 Å². The summed E-state index contributed by atoms with van der Waals surface area (Å²) >= 11 is 0. The van der Waals surface area contributed by atoms with Crippen LogP contribution in [0.15, 0.2) is 34.7 Å². The van der Waals surface area contributed by atoms with Gasteiger partial charge in [-0.2, -0.15) is 0 Å². The molecular weight excluding hydrogens is 390 g/mol. The zero-order chi connectivity index (χ0) is 21.8. The van der Waals surface area contributed by atoms with E-state index in [1.165, 1.54) is 6.42 Å². The molecule has 0 radical (unpaired) electrons. The Bertz CT molecular complexity index is 1190. The molecule has 5 rings (SSSR count). The molecule has 0 saturated heterocycles. The summed E-state index contributed by atoms with van der Waals surface area (Å²) in [5, 5.41) is 3.68. The van der Waals surface area contributed by atoms with Crippen LogP contribution in [0.1, 0.15) is 76.1 Å². The minimum absolute atomic E-state index is 0.0827. The van der Waals surface area contributed by atoms with Gasteiger partial charge in [0.2, 0.25) is 0 Å². The fourth-order valence-corrected chi connectivity index (χ4v) is 5.21. The molecule has 1 aliphatic heterocycles. The van der Waals surface area contributed by atoms with Crippen LogP contribution in [0.2, 0.25) is 0 Å². The van der Waals surface area contributed by atoms with Crippen LogP contribution in [0, 0.1) is 20.8 Å². The molecule has 1 spiro atoms. The summed E-state index contributed by atoms with van der Waals surface area (Å²) in [6, 6.07) is 9.51. The number of para-hydroxylation sites is 1.